The summed E-state index contributed by atoms with van der Waals surface area (Å²) in [7, 11) is 0. The number of ketones is 1. The van der Waals surface area contributed by atoms with E-state index >= 15 is 0 Å². The third-order valence-electron chi connectivity index (χ3n) is 1.09. The summed E-state index contributed by atoms with van der Waals surface area (Å²) < 4.78 is 12.3. The number of halogens is 1. The molecule has 0 radical (unpaired) electrons. The van der Waals surface area contributed by atoms with Crippen molar-refractivity contribution >= 4 is 17.1 Å². The van der Waals surface area contributed by atoms with E-state index in [1.54, 1.807) is 6.92 Å². The third-order valence-corrected chi connectivity index (χ3v) is 2.14. The summed E-state index contributed by atoms with van der Waals surface area (Å²) in [6.45, 7) is 3.02. The molecule has 1 heterocycles. The molecule has 0 saturated heterocycles. The van der Waals surface area contributed by atoms with Gasteiger partial charge in [0.15, 0.2) is 5.78 Å². The minimum Gasteiger partial charge on any atom is -0.294 e. The van der Waals surface area contributed by atoms with Crippen LogP contribution in [0.1, 0.15) is 22.3 Å². The van der Waals surface area contributed by atoms with Crippen LogP contribution in [0.4, 0.5) is 4.39 Å². The van der Waals surface area contributed by atoms with Crippen LogP contribution >= 0.6 is 11.3 Å². The van der Waals surface area contributed by atoms with Gasteiger partial charge in [0.1, 0.15) is 0 Å². The minimum atomic E-state index is -0.539. The molecular weight excluding hydrogens is 153 g/mol. The first kappa shape index (κ1) is 7.34. The number of Topliss-reactive ketones (excluding diaryl/α,β-unsaturated/α-hetero) is 1. The van der Waals surface area contributed by atoms with Gasteiger partial charge in [-0.3, -0.25) is 4.79 Å². The van der Waals surface area contributed by atoms with Crippen molar-refractivity contribution in [2.24, 2.45) is 0 Å². The quantitative estimate of drug-likeness (QED) is 0.585. The monoisotopic (exact) mass is 159 g/mol. The normalized spacial score (nSPS) is 9.90. The topological polar surface area (TPSA) is 30.0 Å². The lowest BCUT2D eigenvalue weighted by Gasteiger charge is -1.85. The van der Waals surface area contributed by atoms with Gasteiger partial charge in [0.25, 0.3) is 5.26 Å². The standard InChI is InChI=1S/C6H6FNOS/c1-3-5(4(2)9)10-6(7)8-3/h1-2H3. The predicted molar refractivity (Wildman–Crippen MR) is 36.8 cm³/mol. The van der Waals surface area contributed by atoms with E-state index in [1.165, 1.54) is 6.92 Å². The van der Waals surface area contributed by atoms with Crippen LogP contribution in [0.2, 0.25) is 0 Å². The minimum absolute atomic E-state index is 0.126. The number of carbonyl (C=O) groups excluding carboxylic acids is 1. The Morgan fingerprint density at radius 1 is 1.70 bits per heavy atom. The van der Waals surface area contributed by atoms with Crippen LogP contribution in [0.3, 0.4) is 0 Å². The molecule has 0 N–H and O–H groups in total. The number of nitrogens with zero attached hydrogens (tertiary/aromatic N) is 1. The Morgan fingerprint density at radius 2 is 2.30 bits per heavy atom. The van der Waals surface area contributed by atoms with Gasteiger partial charge in [0, 0.05) is 6.92 Å². The first-order chi connectivity index (χ1) is 4.61. The molecule has 0 saturated carbocycles. The maximum absolute atomic E-state index is 12.3. The van der Waals surface area contributed by atoms with Gasteiger partial charge in [0.2, 0.25) is 0 Å². The third kappa shape index (κ3) is 1.21. The highest BCUT2D eigenvalue weighted by molar-refractivity contribution is 7.12. The van der Waals surface area contributed by atoms with Gasteiger partial charge in [-0.05, 0) is 6.92 Å². The summed E-state index contributed by atoms with van der Waals surface area (Å²) in [5.74, 6) is -0.126. The Hall–Kier alpha value is -0.770. The van der Waals surface area contributed by atoms with Crippen molar-refractivity contribution in [1.29, 1.82) is 0 Å². The first-order valence-corrected chi connectivity index (χ1v) is 3.57. The molecule has 0 spiro atoms. The molecule has 2 nitrogen and oxygen atoms in total. The molecule has 0 amide bonds. The molecule has 1 aromatic rings. The maximum atomic E-state index is 12.3. The molecule has 0 atom stereocenters. The van der Waals surface area contributed by atoms with Gasteiger partial charge in [-0.1, -0.05) is 11.3 Å². The van der Waals surface area contributed by atoms with Gasteiger partial charge in [-0.25, -0.2) is 4.98 Å². The highest BCUT2D eigenvalue weighted by Gasteiger charge is 2.09. The number of thiazole rings is 1. The molecule has 0 fully saturated rings. The van der Waals surface area contributed by atoms with E-state index in [2.05, 4.69) is 4.98 Å². The van der Waals surface area contributed by atoms with E-state index < -0.39 is 5.26 Å². The lowest BCUT2D eigenvalue weighted by Crippen LogP contribution is -1.89. The molecule has 0 aliphatic heterocycles. The zero-order chi connectivity index (χ0) is 7.72. The average Bonchev–Trinajstić information content (AvgIpc) is 2.10. The van der Waals surface area contributed by atoms with Crippen LogP contribution in [0, 0.1) is 12.2 Å². The van der Waals surface area contributed by atoms with Crippen LogP contribution in [-0.2, 0) is 0 Å². The van der Waals surface area contributed by atoms with E-state index in [4.69, 9.17) is 0 Å². The van der Waals surface area contributed by atoms with Crippen molar-refractivity contribution in [3.05, 3.63) is 15.8 Å². The number of aryl methyl sites for hydroxylation is 1. The van der Waals surface area contributed by atoms with Crippen LogP contribution in [0.25, 0.3) is 0 Å². The first-order valence-electron chi connectivity index (χ1n) is 2.75. The number of hydrogen-bond acceptors (Lipinski definition) is 3. The smallest absolute Gasteiger partial charge is 0.269 e. The average molecular weight is 159 g/mol. The van der Waals surface area contributed by atoms with Crippen molar-refractivity contribution in [2.75, 3.05) is 0 Å². The number of rotatable bonds is 1. The lowest BCUT2D eigenvalue weighted by molar-refractivity contribution is 0.102. The second-order valence-electron chi connectivity index (χ2n) is 1.94. The highest BCUT2D eigenvalue weighted by Crippen LogP contribution is 2.16. The Bertz CT molecular complexity index is 269. The van der Waals surface area contributed by atoms with Crippen molar-refractivity contribution < 1.29 is 9.18 Å². The predicted octanol–water partition coefficient (Wildman–Crippen LogP) is 1.79. The number of carbonyl (C=O) groups is 1. The molecular formula is C6H6FNOS. The molecule has 0 unspecified atom stereocenters. The Kier molecular flexibility index (Phi) is 1.80. The molecule has 0 aliphatic rings. The van der Waals surface area contributed by atoms with Gasteiger partial charge >= 0.3 is 0 Å². The number of aromatic nitrogens is 1. The lowest BCUT2D eigenvalue weighted by atomic mass is 10.3. The summed E-state index contributed by atoms with van der Waals surface area (Å²) in [4.78, 5) is 14.6. The fourth-order valence-corrected chi connectivity index (χ4v) is 1.38. The molecule has 54 valence electrons. The largest absolute Gasteiger partial charge is 0.294 e. The summed E-state index contributed by atoms with van der Waals surface area (Å²) >= 11 is 0.795. The van der Waals surface area contributed by atoms with Crippen molar-refractivity contribution in [3.63, 3.8) is 0 Å². The molecule has 4 heteroatoms. The van der Waals surface area contributed by atoms with Crippen LogP contribution in [-0.4, -0.2) is 10.8 Å². The molecule has 0 bridgehead atoms. The Morgan fingerprint density at radius 3 is 2.50 bits per heavy atom. The van der Waals surface area contributed by atoms with Crippen molar-refractivity contribution in [3.8, 4) is 0 Å². The highest BCUT2D eigenvalue weighted by atomic mass is 32.1. The van der Waals surface area contributed by atoms with E-state index in [0.29, 0.717) is 10.6 Å². The van der Waals surface area contributed by atoms with Gasteiger partial charge in [-0.15, -0.1) is 0 Å². The van der Waals surface area contributed by atoms with Crippen molar-refractivity contribution in [2.45, 2.75) is 13.8 Å². The summed E-state index contributed by atoms with van der Waals surface area (Å²) in [6.07, 6.45) is 0. The molecule has 1 rings (SSSR count). The summed E-state index contributed by atoms with van der Waals surface area (Å²) in [5.41, 5.74) is 0.481. The summed E-state index contributed by atoms with van der Waals surface area (Å²) in [5, 5.41) is -0.539. The maximum Gasteiger partial charge on any atom is 0.269 e. The molecule has 0 aliphatic carbocycles. The fourth-order valence-electron chi connectivity index (χ4n) is 0.690. The van der Waals surface area contributed by atoms with Gasteiger partial charge in [-0.2, -0.15) is 4.39 Å². The zero-order valence-electron chi connectivity index (χ0n) is 5.64. The van der Waals surface area contributed by atoms with Crippen LogP contribution in [0.15, 0.2) is 0 Å². The molecule has 0 aromatic carbocycles. The van der Waals surface area contributed by atoms with E-state index in [-0.39, 0.29) is 5.78 Å². The van der Waals surface area contributed by atoms with E-state index in [9.17, 15) is 9.18 Å². The van der Waals surface area contributed by atoms with Gasteiger partial charge in [0.05, 0.1) is 10.6 Å². The van der Waals surface area contributed by atoms with E-state index in [1.807, 2.05) is 0 Å². The molecule has 1 aromatic heterocycles. The fraction of sp³-hybridized carbons (Fsp3) is 0.333. The summed E-state index contributed by atoms with van der Waals surface area (Å²) in [6, 6.07) is 0. The Balaban J connectivity index is 3.15. The molecule has 10 heavy (non-hydrogen) atoms. The van der Waals surface area contributed by atoms with Crippen molar-refractivity contribution in [1.82, 2.24) is 4.98 Å². The zero-order valence-corrected chi connectivity index (χ0v) is 6.46. The second-order valence-corrected chi connectivity index (χ2v) is 2.89. The second kappa shape index (κ2) is 2.46. The van der Waals surface area contributed by atoms with E-state index in [0.717, 1.165) is 11.3 Å². The van der Waals surface area contributed by atoms with Crippen LogP contribution in [0.5, 0.6) is 0 Å². The number of hydrogen-bond donors (Lipinski definition) is 0. The Labute approximate surface area is 61.7 Å². The SMILES string of the molecule is CC(=O)c1sc(F)nc1C. The van der Waals surface area contributed by atoms with Crippen LogP contribution < -0.4 is 0 Å². The van der Waals surface area contributed by atoms with Gasteiger partial charge < -0.3 is 0 Å².